The first-order valence-electron chi connectivity index (χ1n) is 4.46. The molecule has 1 aromatic carbocycles. The number of hydrogen-bond donors (Lipinski definition) is 1. The van der Waals surface area contributed by atoms with E-state index in [4.69, 9.17) is 9.47 Å². The molecule has 0 aromatic heterocycles. The van der Waals surface area contributed by atoms with Crippen LogP contribution in [0.15, 0.2) is 30.3 Å². The van der Waals surface area contributed by atoms with Gasteiger partial charge in [-0.3, -0.25) is 0 Å². The molecule has 0 saturated carbocycles. The predicted octanol–water partition coefficient (Wildman–Crippen LogP) is 1.47. The molecule has 0 radical (unpaired) electrons. The highest BCUT2D eigenvalue weighted by atomic mass is 16.6. The molecule has 1 saturated heterocycles. The van der Waals surface area contributed by atoms with E-state index >= 15 is 0 Å². The molecule has 1 atom stereocenters. The Morgan fingerprint density at radius 2 is 2.00 bits per heavy atom. The van der Waals surface area contributed by atoms with Crippen LogP contribution in [0, 0.1) is 0 Å². The molecule has 13 heavy (non-hydrogen) atoms. The molecule has 0 spiro atoms. The van der Waals surface area contributed by atoms with E-state index in [1.807, 2.05) is 30.3 Å². The quantitative estimate of drug-likeness (QED) is 0.745. The summed E-state index contributed by atoms with van der Waals surface area (Å²) in [6.07, 6.45) is -0.00356. The van der Waals surface area contributed by atoms with Crippen molar-refractivity contribution in [3.8, 4) is 0 Å². The Morgan fingerprint density at radius 3 is 2.69 bits per heavy atom. The molecule has 1 fully saturated rings. The van der Waals surface area contributed by atoms with E-state index in [2.05, 4.69) is 5.32 Å². The van der Waals surface area contributed by atoms with Gasteiger partial charge in [-0.1, -0.05) is 18.2 Å². The van der Waals surface area contributed by atoms with Gasteiger partial charge in [0.2, 0.25) is 0 Å². The number of para-hydroxylation sites is 1. The average molecular weight is 179 g/mol. The van der Waals surface area contributed by atoms with Crippen molar-refractivity contribution in [2.45, 2.75) is 6.23 Å². The van der Waals surface area contributed by atoms with Gasteiger partial charge in [0.25, 0.3) is 0 Å². The third-order valence-electron chi connectivity index (χ3n) is 1.92. The maximum Gasteiger partial charge on any atom is 0.151 e. The first-order chi connectivity index (χ1) is 6.45. The summed E-state index contributed by atoms with van der Waals surface area (Å²) >= 11 is 0. The van der Waals surface area contributed by atoms with E-state index in [0.717, 1.165) is 5.69 Å². The minimum absolute atomic E-state index is 0.00356. The van der Waals surface area contributed by atoms with Crippen LogP contribution in [0.2, 0.25) is 0 Å². The number of anilines is 1. The third-order valence-corrected chi connectivity index (χ3v) is 1.92. The summed E-state index contributed by atoms with van der Waals surface area (Å²) in [5.74, 6) is 0. The Bertz CT molecular complexity index is 244. The van der Waals surface area contributed by atoms with Crippen LogP contribution in [-0.2, 0) is 9.47 Å². The minimum Gasteiger partial charge on any atom is -0.374 e. The van der Waals surface area contributed by atoms with E-state index < -0.39 is 0 Å². The molecule has 1 aliphatic rings. The van der Waals surface area contributed by atoms with Crippen molar-refractivity contribution in [1.29, 1.82) is 0 Å². The topological polar surface area (TPSA) is 30.5 Å². The molecule has 0 aliphatic carbocycles. The van der Waals surface area contributed by atoms with Crippen molar-refractivity contribution >= 4 is 5.69 Å². The lowest BCUT2D eigenvalue weighted by Crippen LogP contribution is -2.34. The summed E-state index contributed by atoms with van der Waals surface area (Å²) in [5, 5.41) is 3.23. The molecule has 0 amide bonds. The number of hydrogen-bond acceptors (Lipinski definition) is 3. The van der Waals surface area contributed by atoms with E-state index in [1.54, 1.807) is 0 Å². The van der Waals surface area contributed by atoms with Gasteiger partial charge in [0, 0.05) is 5.69 Å². The fourth-order valence-corrected chi connectivity index (χ4v) is 1.29. The molecule has 1 unspecified atom stereocenters. The summed E-state index contributed by atoms with van der Waals surface area (Å²) in [6, 6.07) is 10.00. The normalized spacial score (nSPS) is 22.6. The molecule has 3 nitrogen and oxygen atoms in total. The van der Waals surface area contributed by atoms with Gasteiger partial charge in [-0.05, 0) is 12.1 Å². The van der Waals surface area contributed by atoms with Crippen molar-refractivity contribution < 1.29 is 9.47 Å². The minimum atomic E-state index is -0.00356. The summed E-state index contributed by atoms with van der Waals surface area (Å²) in [6.45, 7) is 1.99. The number of nitrogens with one attached hydrogen (secondary N) is 1. The molecular weight excluding hydrogens is 166 g/mol. The SMILES string of the molecule is c1ccc(NC2COCCO2)cc1. The van der Waals surface area contributed by atoms with Crippen LogP contribution in [0.3, 0.4) is 0 Å². The maximum atomic E-state index is 5.45. The molecule has 1 aliphatic heterocycles. The molecule has 1 heterocycles. The second-order valence-electron chi connectivity index (χ2n) is 2.94. The molecule has 70 valence electrons. The van der Waals surface area contributed by atoms with Gasteiger partial charge in [0.05, 0.1) is 19.8 Å². The van der Waals surface area contributed by atoms with Crippen LogP contribution >= 0.6 is 0 Å². The lowest BCUT2D eigenvalue weighted by atomic mass is 10.3. The Balaban J connectivity index is 1.90. The van der Waals surface area contributed by atoms with Crippen LogP contribution in [-0.4, -0.2) is 26.0 Å². The van der Waals surface area contributed by atoms with Crippen LogP contribution in [0.5, 0.6) is 0 Å². The van der Waals surface area contributed by atoms with Crippen LogP contribution in [0.25, 0.3) is 0 Å². The van der Waals surface area contributed by atoms with Crippen molar-refractivity contribution in [3.05, 3.63) is 30.3 Å². The lowest BCUT2D eigenvalue weighted by molar-refractivity contribution is -0.0756. The van der Waals surface area contributed by atoms with Gasteiger partial charge < -0.3 is 14.8 Å². The van der Waals surface area contributed by atoms with Gasteiger partial charge in [-0.2, -0.15) is 0 Å². The van der Waals surface area contributed by atoms with Gasteiger partial charge in [-0.15, -0.1) is 0 Å². The highest BCUT2D eigenvalue weighted by molar-refractivity contribution is 5.42. The first-order valence-corrected chi connectivity index (χ1v) is 4.46. The summed E-state index contributed by atoms with van der Waals surface area (Å²) < 4.78 is 10.7. The van der Waals surface area contributed by atoms with Crippen LogP contribution in [0.4, 0.5) is 5.69 Å². The van der Waals surface area contributed by atoms with E-state index in [9.17, 15) is 0 Å². The zero-order valence-electron chi connectivity index (χ0n) is 7.40. The summed E-state index contributed by atoms with van der Waals surface area (Å²) in [7, 11) is 0. The number of rotatable bonds is 2. The van der Waals surface area contributed by atoms with Gasteiger partial charge in [0.15, 0.2) is 6.23 Å². The maximum absolute atomic E-state index is 5.45. The molecule has 3 heteroatoms. The molecule has 1 N–H and O–H groups in total. The molecule has 2 rings (SSSR count). The predicted molar refractivity (Wildman–Crippen MR) is 50.6 cm³/mol. The second-order valence-corrected chi connectivity index (χ2v) is 2.94. The van der Waals surface area contributed by atoms with Crippen molar-refractivity contribution in [2.24, 2.45) is 0 Å². The number of ether oxygens (including phenoxy) is 2. The van der Waals surface area contributed by atoms with E-state index in [0.29, 0.717) is 19.8 Å². The average Bonchev–Trinajstić information content (AvgIpc) is 2.21. The van der Waals surface area contributed by atoms with Gasteiger partial charge >= 0.3 is 0 Å². The standard InChI is InChI=1S/C10H13NO2/c1-2-4-9(5-3-1)11-10-8-12-6-7-13-10/h1-5,10-11H,6-8H2. The largest absolute Gasteiger partial charge is 0.374 e. The molecule has 0 bridgehead atoms. The fraction of sp³-hybridized carbons (Fsp3) is 0.400. The highest BCUT2D eigenvalue weighted by Crippen LogP contribution is 2.09. The zero-order valence-corrected chi connectivity index (χ0v) is 7.40. The lowest BCUT2D eigenvalue weighted by Gasteiger charge is -2.24. The third kappa shape index (κ3) is 2.44. The highest BCUT2D eigenvalue weighted by Gasteiger charge is 2.12. The summed E-state index contributed by atoms with van der Waals surface area (Å²) in [5.41, 5.74) is 1.07. The molecule has 1 aromatic rings. The summed E-state index contributed by atoms with van der Waals surface area (Å²) in [4.78, 5) is 0. The van der Waals surface area contributed by atoms with Crippen molar-refractivity contribution in [2.75, 3.05) is 25.1 Å². The Kier molecular flexibility index (Phi) is 2.79. The molecular formula is C10H13NO2. The fourth-order valence-electron chi connectivity index (χ4n) is 1.29. The van der Waals surface area contributed by atoms with Crippen LogP contribution < -0.4 is 5.32 Å². The first kappa shape index (κ1) is 8.53. The Labute approximate surface area is 77.7 Å². The monoisotopic (exact) mass is 179 g/mol. The zero-order chi connectivity index (χ0) is 8.93. The van der Waals surface area contributed by atoms with E-state index in [1.165, 1.54) is 0 Å². The van der Waals surface area contributed by atoms with Crippen LogP contribution in [0.1, 0.15) is 0 Å². The van der Waals surface area contributed by atoms with Crippen molar-refractivity contribution in [3.63, 3.8) is 0 Å². The Hall–Kier alpha value is -1.06. The van der Waals surface area contributed by atoms with Crippen molar-refractivity contribution in [1.82, 2.24) is 0 Å². The smallest absolute Gasteiger partial charge is 0.151 e. The number of benzene rings is 1. The van der Waals surface area contributed by atoms with Gasteiger partial charge in [0.1, 0.15) is 0 Å². The Morgan fingerprint density at radius 1 is 1.15 bits per heavy atom. The van der Waals surface area contributed by atoms with Gasteiger partial charge in [-0.25, -0.2) is 0 Å². The second kappa shape index (κ2) is 4.25. The van der Waals surface area contributed by atoms with E-state index in [-0.39, 0.29) is 6.23 Å².